The molecule has 2 nitrogen and oxygen atoms in total. The Morgan fingerprint density at radius 1 is 0.765 bits per heavy atom. The van der Waals surface area contributed by atoms with Gasteiger partial charge in [-0.3, -0.25) is 0 Å². The number of benzene rings is 2. The van der Waals surface area contributed by atoms with Gasteiger partial charge < -0.3 is 10.2 Å². The van der Waals surface area contributed by atoms with Gasteiger partial charge in [0.25, 0.3) is 0 Å². The van der Waals surface area contributed by atoms with E-state index in [1.807, 2.05) is 24.3 Å². The topological polar surface area (TPSA) is 40.5 Å². The Bertz CT molecular complexity index is 504. The monoisotopic (exact) mass is 452 g/mol. The second kappa shape index (κ2) is 5.43. The van der Waals surface area contributed by atoms with E-state index in [1.165, 1.54) is 0 Å². The maximum Gasteiger partial charge on any atom is 0.119 e. The molecule has 0 aliphatic heterocycles. The van der Waals surface area contributed by atoms with Crippen LogP contribution in [-0.4, -0.2) is 10.2 Å². The van der Waals surface area contributed by atoms with Gasteiger partial charge in [-0.05, 0) is 92.7 Å². The van der Waals surface area contributed by atoms with E-state index in [2.05, 4.69) is 45.2 Å². The summed E-state index contributed by atoms with van der Waals surface area (Å²) in [5.74, 6) is 0.535. The van der Waals surface area contributed by atoms with Gasteiger partial charge in [-0.1, -0.05) is 0 Å². The summed E-state index contributed by atoms with van der Waals surface area (Å²) >= 11 is 4.41. The first-order valence-electron chi connectivity index (χ1n) is 5.01. The van der Waals surface area contributed by atoms with E-state index < -0.39 is 0 Å². The lowest BCUT2D eigenvalue weighted by molar-refractivity contribution is 0.463. The lowest BCUT2D eigenvalue weighted by Crippen LogP contribution is -1.91. The highest BCUT2D eigenvalue weighted by molar-refractivity contribution is 14.1. The Morgan fingerprint density at radius 2 is 1.18 bits per heavy atom. The van der Waals surface area contributed by atoms with Crippen molar-refractivity contribution < 1.29 is 10.2 Å². The Hall–Kier alpha value is -0.500. The van der Waals surface area contributed by atoms with Gasteiger partial charge in [0.1, 0.15) is 11.5 Å². The molecule has 4 heteroatoms. The molecular weight excluding hydrogens is 442 g/mol. The van der Waals surface area contributed by atoms with Gasteiger partial charge in [0.05, 0.1) is 0 Å². The van der Waals surface area contributed by atoms with Crippen LogP contribution in [0.3, 0.4) is 0 Å². The molecule has 0 atom stereocenters. The van der Waals surface area contributed by atoms with Crippen LogP contribution >= 0.6 is 45.2 Å². The average Bonchev–Trinajstić information content (AvgIpc) is 2.28. The maximum atomic E-state index is 9.77. The lowest BCUT2D eigenvalue weighted by Gasteiger charge is -2.08. The van der Waals surface area contributed by atoms with Gasteiger partial charge in [-0.25, -0.2) is 0 Å². The van der Waals surface area contributed by atoms with Gasteiger partial charge in [-0.15, -0.1) is 0 Å². The highest BCUT2D eigenvalue weighted by atomic mass is 127. The van der Waals surface area contributed by atoms with Crippen LogP contribution < -0.4 is 0 Å². The molecule has 2 rings (SSSR count). The molecule has 0 unspecified atom stereocenters. The largest absolute Gasteiger partial charge is 0.508 e. The molecule has 0 saturated heterocycles. The third-order valence-electron chi connectivity index (χ3n) is 2.46. The zero-order valence-electron chi connectivity index (χ0n) is 8.82. The van der Waals surface area contributed by atoms with E-state index >= 15 is 0 Å². The molecule has 0 fully saturated rings. The first-order valence-corrected chi connectivity index (χ1v) is 7.17. The van der Waals surface area contributed by atoms with E-state index in [9.17, 15) is 10.2 Å². The number of phenolic OH excluding ortho intramolecular Hbond substituents is 2. The number of phenols is 2. The second-order valence-electron chi connectivity index (χ2n) is 3.72. The smallest absolute Gasteiger partial charge is 0.119 e. The van der Waals surface area contributed by atoms with E-state index in [1.54, 1.807) is 12.1 Å². The average molecular weight is 452 g/mol. The van der Waals surface area contributed by atoms with E-state index in [0.717, 1.165) is 18.3 Å². The van der Waals surface area contributed by atoms with Crippen molar-refractivity contribution in [3.05, 3.63) is 54.7 Å². The number of hydrogen-bond acceptors (Lipinski definition) is 2. The number of halogens is 2. The van der Waals surface area contributed by atoms with Crippen molar-refractivity contribution in [2.24, 2.45) is 0 Å². The fourth-order valence-corrected chi connectivity index (χ4v) is 2.71. The number of hydrogen-bond donors (Lipinski definition) is 2. The molecule has 17 heavy (non-hydrogen) atoms. The van der Waals surface area contributed by atoms with Crippen LogP contribution in [0.15, 0.2) is 36.4 Å². The van der Waals surface area contributed by atoms with Crippen molar-refractivity contribution in [2.75, 3.05) is 0 Å². The molecule has 0 saturated carbocycles. The van der Waals surface area contributed by atoms with Crippen molar-refractivity contribution >= 4 is 45.2 Å². The summed E-state index contributed by atoms with van der Waals surface area (Å²) in [6, 6.07) is 10.9. The van der Waals surface area contributed by atoms with Crippen LogP contribution in [-0.2, 0) is 6.42 Å². The lowest BCUT2D eigenvalue weighted by atomic mass is 10.0. The normalized spacial score (nSPS) is 10.5. The molecule has 0 heterocycles. The Morgan fingerprint density at radius 3 is 1.59 bits per heavy atom. The van der Waals surface area contributed by atoms with Gasteiger partial charge in [0, 0.05) is 13.6 Å². The minimum Gasteiger partial charge on any atom is -0.508 e. The van der Waals surface area contributed by atoms with Crippen LogP contribution in [0.5, 0.6) is 11.5 Å². The standard InChI is InChI=1S/C13H10I2O2/c14-10-1-3-12(16)8(6-10)5-9-7-11(15)2-4-13(9)17/h1-4,6-7,16-17H,5H2. The SMILES string of the molecule is Oc1ccc(I)cc1Cc1cc(I)ccc1O. The minimum atomic E-state index is 0.267. The van der Waals surface area contributed by atoms with Gasteiger partial charge in [0.2, 0.25) is 0 Å². The van der Waals surface area contributed by atoms with Crippen LogP contribution in [0.4, 0.5) is 0 Å². The van der Waals surface area contributed by atoms with Gasteiger partial charge >= 0.3 is 0 Å². The van der Waals surface area contributed by atoms with Gasteiger partial charge in [-0.2, -0.15) is 0 Å². The van der Waals surface area contributed by atoms with Crippen LogP contribution in [0.2, 0.25) is 0 Å². The van der Waals surface area contributed by atoms with Crippen molar-refractivity contribution in [1.82, 2.24) is 0 Å². The molecule has 0 aliphatic carbocycles. The van der Waals surface area contributed by atoms with Crippen molar-refractivity contribution in [1.29, 1.82) is 0 Å². The summed E-state index contributed by atoms with van der Waals surface area (Å²) < 4.78 is 2.14. The quantitative estimate of drug-likeness (QED) is 0.680. The zero-order valence-corrected chi connectivity index (χ0v) is 13.1. The van der Waals surface area contributed by atoms with E-state index in [4.69, 9.17) is 0 Å². The summed E-state index contributed by atoms with van der Waals surface area (Å²) in [4.78, 5) is 0. The highest BCUT2D eigenvalue weighted by Crippen LogP contribution is 2.27. The predicted molar refractivity (Wildman–Crippen MR) is 84.5 cm³/mol. The van der Waals surface area contributed by atoms with Crippen LogP contribution in [0.25, 0.3) is 0 Å². The molecule has 2 aromatic rings. The Balaban J connectivity index is 2.37. The summed E-state index contributed by atoms with van der Waals surface area (Å²) in [6.07, 6.45) is 0.533. The highest BCUT2D eigenvalue weighted by Gasteiger charge is 2.07. The van der Waals surface area contributed by atoms with Crippen LogP contribution in [0, 0.1) is 7.14 Å². The van der Waals surface area contributed by atoms with Gasteiger partial charge in [0.15, 0.2) is 0 Å². The third-order valence-corrected chi connectivity index (χ3v) is 3.81. The fourth-order valence-electron chi connectivity index (χ4n) is 1.60. The third kappa shape index (κ3) is 3.25. The second-order valence-corrected chi connectivity index (χ2v) is 6.21. The predicted octanol–water partition coefficient (Wildman–Crippen LogP) is 3.90. The molecular formula is C13H10I2O2. The molecule has 2 N–H and O–H groups in total. The summed E-state index contributed by atoms with van der Waals surface area (Å²) in [7, 11) is 0. The first kappa shape index (κ1) is 12.9. The number of rotatable bonds is 2. The van der Waals surface area contributed by atoms with Crippen molar-refractivity contribution in [3.63, 3.8) is 0 Å². The molecule has 0 amide bonds. The van der Waals surface area contributed by atoms with Crippen LogP contribution in [0.1, 0.15) is 11.1 Å². The van der Waals surface area contributed by atoms with E-state index in [0.29, 0.717) is 6.42 Å². The molecule has 2 aromatic carbocycles. The van der Waals surface area contributed by atoms with Crippen molar-refractivity contribution in [3.8, 4) is 11.5 Å². The maximum absolute atomic E-state index is 9.77. The molecule has 0 bridgehead atoms. The number of aromatic hydroxyl groups is 2. The Kier molecular flexibility index (Phi) is 4.13. The molecule has 0 aromatic heterocycles. The molecule has 0 aliphatic rings. The molecule has 0 spiro atoms. The summed E-state index contributed by atoms with van der Waals surface area (Å²) in [5, 5.41) is 19.5. The summed E-state index contributed by atoms with van der Waals surface area (Å²) in [6.45, 7) is 0. The van der Waals surface area contributed by atoms with Crippen molar-refractivity contribution in [2.45, 2.75) is 6.42 Å². The van der Waals surface area contributed by atoms with E-state index in [-0.39, 0.29) is 11.5 Å². The fraction of sp³-hybridized carbons (Fsp3) is 0.0769. The molecule has 88 valence electrons. The molecule has 0 radical (unpaired) electrons. The minimum absolute atomic E-state index is 0.267. The first-order chi connectivity index (χ1) is 8.06. The Labute approximate surface area is 127 Å². The zero-order chi connectivity index (χ0) is 12.4. The summed E-state index contributed by atoms with van der Waals surface area (Å²) in [5.41, 5.74) is 1.66.